The van der Waals surface area contributed by atoms with Crippen molar-refractivity contribution in [3.05, 3.63) is 0 Å². The van der Waals surface area contributed by atoms with Crippen LogP contribution in [0, 0.1) is 0 Å². The molecule has 1 saturated carbocycles. The Balaban J connectivity index is 2.15. The average Bonchev–Trinajstić information content (AvgIpc) is 2.45. The molecule has 0 aromatic carbocycles. The molecular formula is C14H24N2O3. The fraction of sp³-hybridized carbons (Fsp3) is 0.857. The highest BCUT2D eigenvalue weighted by Gasteiger charge is 2.44. The molecule has 2 fully saturated rings. The molecule has 5 nitrogen and oxygen atoms in total. The smallest absolute Gasteiger partial charge is 0.248 e. The zero-order valence-corrected chi connectivity index (χ0v) is 12.1. The molecule has 0 spiro atoms. The van der Waals surface area contributed by atoms with Crippen LogP contribution in [-0.2, 0) is 14.3 Å². The zero-order valence-electron chi connectivity index (χ0n) is 12.1. The minimum Gasteiger partial charge on any atom is -0.376 e. The van der Waals surface area contributed by atoms with Crippen LogP contribution in [0.2, 0.25) is 0 Å². The van der Waals surface area contributed by atoms with E-state index in [2.05, 4.69) is 5.32 Å². The van der Waals surface area contributed by atoms with Crippen molar-refractivity contribution in [2.75, 3.05) is 20.2 Å². The van der Waals surface area contributed by atoms with Crippen molar-refractivity contribution in [1.29, 1.82) is 0 Å². The number of hydrogen-bond donors (Lipinski definition) is 1. The van der Waals surface area contributed by atoms with E-state index in [1.54, 1.807) is 7.11 Å². The Bertz CT molecular complexity index is 373. The largest absolute Gasteiger partial charge is 0.376 e. The quantitative estimate of drug-likeness (QED) is 0.830. The second kappa shape index (κ2) is 5.12. The number of amides is 2. The highest BCUT2D eigenvalue weighted by Crippen LogP contribution is 2.36. The van der Waals surface area contributed by atoms with Crippen LogP contribution in [0.3, 0.4) is 0 Å². The maximum atomic E-state index is 12.6. The standard InChI is InChI=1S/C14H24N2O3/c1-4-13(2)12(18)16(9-6-11(17)15-13)10-14(19-3)7-5-8-14/h4-10H2,1-3H3,(H,15,17). The van der Waals surface area contributed by atoms with Gasteiger partial charge in [0, 0.05) is 26.6 Å². The van der Waals surface area contributed by atoms with E-state index in [1.807, 2.05) is 18.7 Å². The van der Waals surface area contributed by atoms with Crippen molar-refractivity contribution in [2.45, 2.75) is 57.1 Å². The van der Waals surface area contributed by atoms with Crippen LogP contribution in [0.5, 0.6) is 0 Å². The highest BCUT2D eigenvalue weighted by atomic mass is 16.5. The van der Waals surface area contributed by atoms with E-state index in [9.17, 15) is 9.59 Å². The molecule has 19 heavy (non-hydrogen) atoms. The number of nitrogens with one attached hydrogen (secondary N) is 1. The summed E-state index contributed by atoms with van der Waals surface area (Å²) in [7, 11) is 1.71. The Hall–Kier alpha value is -1.10. The van der Waals surface area contributed by atoms with Crippen LogP contribution in [0.4, 0.5) is 0 Å². The summed E-state index contributed by atoms with van der Waals surface area (Å²) in [6.45, 7) is 4.83. The lowest BCUT2D eigenvalue weighted by Crippen LogP contribution is -2.58. The van der Waals surface area contributed by atoms with Crippen molar-refractivity contribution < 1.29 is 14.3 Å². The zero-order chi connectivity index (χ0) is 14.1. The first kappa shape index (κ1) is 14.3. The SMILES string of the molecule is CCC1(C)NC(=O)CCN(CC2(OC)CCC2)C1=O. The van der Waals surface area contributed by atoms with E-state index in [1.165, 1.54) is 0 Å². The monoisotopic (exact) mass is 268 g/mol. The molecule has 0 bridgehead atoms. The molecule has 1 atom stereocenters. The highest BCUT2D eigenvalue weighted by molar-refractivity contribution is 5.93. The molecular weight excluding hydrogens is 244 g/mol. The fourth-order valence-corrected chi connectivity index (χ4v) is 2.85. The number of hydrogen-bond acceptors (Lipinski definition) is 3. The van der Waals surface area contributed by atoms with Gasteiger partial charge in [0.15, 0.2) is 0 Å². The van der Waals surface area contributed by atoms with Gasteiger partial charge in [-0.3, -0.25) is 9.59 Å². The third kappa shape index (κ3) is 2.61. The Kier molecular flexibility index (Phi) is 3.85. The molecule has 2 rings (SSSR count). The van der Waals surface area contributed by atoms with E-state index < -0.39 is 5.54 Å². The summed E-state index contributed by atoms with van der Waals surface area (Å²) in [5.41, 5.74) is -0.954. The number of ether oxygens (including phenoxy) is 1. The second-order valence-corrected chi connectivity index (χ2v) is 5.95. The van der Waals surface area contributed by atoms with Gasteiger partial charge >= 0.3 is 0 Å². The van der Waals surface area contributed by atoms with Gasteiger partial charge in [-0.05, 0) is 32.6 Å². The third-order valence-electron chi connectivity index (χ3n) is 4.67. The average molecular weight is 268 g/mol. The van der Waals surface area contributed by atoms with Crippen LogP contribution < -0.4 is 5.32 Å². The molecule has 2 amide bonds. The first-order valence-electron chi connectivity index (χ1n) is 7.10. The van der Waals surface area contributed by atoms with Crippen LogP contribution in [0.25, 0.3) is 0 Å². The molecule has 2 aliphatic rings. The normalized spacial score (nSPS) is 30.6. The predicted octanol–water partition coefficient (Wildman–Crippen LogP) is 1.07. The van der Waals surface area contributed by atoms with Gasteiger partial charge in [0.1, 0.15) is 5.54 Å². The van der Waals surface area contributed by atoms with Gasteiger partial charge < -0.3 is 15.0 Å². The molecule has 1 aliphatic carbocycles. The van der Waals surface area contributed by atoms with E-state index in [0.29, 0.717) is 25.9 Å². The number of rotatable bonds is 4. The molecule has 1 saturated heterocycles. The summed E-state index contributed by atoms with van der Waals surface area (Å²) >= 11 is 0. The maximum absolute atomic E-state index is 12.6. The lowest BCUT2D eigenvalue weighted by atomic mass is 9.79. The predicted molar refractivity (Wildman–Crippen MR) is 71.6 cm³/mol. The lowest BCUT2D eigenvalue weighted by molar-refractivity contribution is -0.146. The first-order chi connectivity index (χ1) is 8.95. The van der Waals surface area contributed by atoms with E-state index >= 15 is 0 Å². The summed E-state index contributed by atoms with van der Waals surface area (Å²) in [6, 6.07) is 0. The molecule has 0 aromatic rings. The molecule has 1 N–H and O–H groups in total. The first-order valence-corrected chi connectivity index (χ1v) is 7.10. The summed E-state index contributed by atoms with van der Waals surface area (Å²) in [5, 5.41) is 2.85. The molecule has 0 radical (unpaired) electrons. The molecule has 1 heterocycles. The summed E-state index contributed by atoms with van der Waals surface area (Å²) in [5.74, 6) is -0.0237. The lowest BCUT2D eigenvalue weighted by Gasteiger charge is -2.44. The topological polar surface area (TPSA) is 58.6 Å². The van der Waals surface area contributed by atoms with Gasteiger partial charge in [0.05, 0.1) is 5.60 Å². The van der Waals surface area contributed by atoms with E-state index in [4.69, 9.17) is 4.74 Å². The van der Waals surface area contributed by atoms with Crippen molar-refractivity contribution in [1.82, 2.24) is 10.2 Å². The number of methoxy groups -OCH3 is 1. The maximum Gasteiger partial charge on any atom is 0.248 e. The van der Waals surface area contributed by atoms with Crippen molar-refractivity contribution in [3.8, 4) is 0 Å². The third-order valence-corrected chi connectivity index (χ3v) is 4.67. The van der Waals surface area contributed by atoms with Gasteiger partial charge in [-0.1, -0.05) is 6.92 Å². The van der Waals surface area contributed by atoms with Gasteiger partial charge in [-0.15, -0.1) is 0 Å². The molecule has 0 aromatic heterocycles. The van der Waals surface area contributed by atoms with Crippen molar-refractivity contribution >= 4 is 11.8 Å². The van der Waals surface area contributed by atoms with Gasteiger partial charge in [0.25, 0.3) is 0 Å². The van der Waals surface area contributed by atoms with Gasteiger partial charge in [0.2, 0.25) is 11.8 Å². The minimum absolute atomic E-state index is 0.0178. The molecule has 5 heteroatoms. The summed E-state index contributed by atoms with van der Waals surface area (Å²) in [4.78, 5) is 26.2. The number of carbonyl (C=O) groups excluding carboxylic acids is 2. The van der Waals surface area contributed by atoms with Gasteiger partial charge in [-0.25, -0.2) is 0 Å². The van der Waals surface area contributed by atoms with Gasteiger partial charge in [-0.2, -0.15) is 0 Å². The Morgan fingerprint density at radius 1 is 1.37 bits per heavy atom. The fourth-order valence-electron chi connectivity index (χ4n) is 2.85. The van der Waals surface area contributed by atoms with E-state index in [0.717, 1.165) is 19.3 Å². The Morgan fingerprint density at radius 3 is 2.53 bits per heavy atom. The van der Waals surface area contributed by atoms with Crippen molar-refractivity contribution in [3.63, 3.8) is 0 Å². The van der Waals surface area contributed by atoms with Crippen LogP contribution in [0.15, 0.2) is 0 Å². The molecule has 1 aliphatic heterocycles. The van der Waals surface area contributed by atoms with E-state index in [-0.39, 0.29) is 17.4 Å². The molecule has 108 valence electrons. The Morgan fingerprint density at radius 2 is 2.05 bits per heavy atom. The summed E-state index contributed by atoms with van der Waals surface area (Å²) < 4.78 is 5.60. The van der Waals surface area contributed by atoms with Crippen LogP contribution >= 0.6 is 0 Å². The Labute approximate surface area is 114 Å². The minimum atomic E-state index is -0.772. The summed E-state index contributed by atoms with van der Waals surface area (Å²) in [6.07, 6.45) is 4.13. The number of carbonyl (C=O) groups is 2. The second-order valence-electron chi connectivity index (χ2n) is 5.95. The van der Waals surface area contributed by atoms with Crippen LogP contribution in [-0.4, -0.2) is 48.1 Å². The number of nitrogens with zero attached hydrogens (tertiary/aromatic N) is 1. The van der Waals surface area contributed by atoms with Crippen molar-refractivity contribution in [2.24, 2.45) is 0 Å². The van der Waals surface area contributed by atoms with Crippen LogP contribution in [0.1, 0.15) is 46.0 Å². The molecule has 1 unspecified atom stereocenters.